The Balaban J connectivity index is 2.21. The third-order valence-electron chi connectivity index (χ3n) is 2.61. The van der Waals surface area contributed by atoms with Crippen LogP contribution in [0.2, 0.25) is 0 Å². The van der Waals surface area contributed by atoms with Gasteiger partial charge in [-0.05, 0) is 29.7 Å². The highest BCUT2D eigenvalue weighted by Crippen LogP contribution is 2.21. The van der Waals surface area contributed by atoms with E-state index in [1.807, 2.05) is 18.2 Å². The maximum atomic E-state index is 5.71. The Hall–Kier alpha value is -2.03. The molecule has 0 saturated heterocycles. The van der Waals surface area contributed by atoms with Crippen LogP contribution in [0, 0.1) is 0 Å². The van der Waals surface area contributed by atoms with Gasteiger partial charge in [0, 0.05) is 23.6 Å². The van der Waals surface area contributed by atoms with Crippen molar-refractivity contribution in [1.82, 2.24) is 4.98 Å². The number of benzene rings is 1. The van der Waals surface area contributed by atoms with Gasteiger partial charge in [-0.1, -0.05) is 26.0 Å². The van der Waals surface area contributed by atoms with Gasteiger partial charge in [-0.15, -0.1) is 0 Å². The molecule has 0 unspecified atom stereocenters. The fourth-order valence-corrected chi connectivity index (χ4v) is 1.64. The first kappa shape index (κ1) is 11.5. The van der Waals surface area contributed by atoms with E-state index in [9.17, 15) is 0 Å². The van der Waals surface area contributed by atoms with Crippen LogP contribution in [-0.2, 0) is 0 Å². The molecule has 1 heterocycles. The molecule has 0 atom stereocenters. The molecule has 0 saturated carbocycles. The summed E-state index contributed by atoms with van der Waals surface area (Å²) in [6.07, 6.45) is 1.70. The number of nitrogens with one attached hydrogen (secondary N) is 1. The summed E-state index contributed by atoms with van der Waals surface area (Å²) >= 11 is 0. The van der Waals surface area contributed by atoms with Crippen LogP contribution in [0.4, 0.5) is 17.2 Å². The zero-order valence-corrected chi connectivity index (χ0v) is 10.1. The predicted octanol–water partition coefficient (Wildman–Crippen LogP) is 3.53. The van der Waals surface area contributed by atoms with Crippen LogP contribution in [0.3, 0.4) is 0 Å². The fourth-order valence-electron chi connectivity index (χ4n) is 1.64. The Morgan fingerprint density at radius 1 is 1.18 bits per heavy atom. The summed E-state index contributed by atoms with van der Waals surface area (Å²) in [4.78, 5) is 4.22. The smallest absolute Gasteiger partial charge is 0.132 e. The average Bonchev–Trinajstić information content (AvgIpc) is 2.29. The fraction of sp³-hybridized carbons (Fsp3) is 0.214. The van der Waals surface area contributed by atoms with Crippen LogP contribution in [0.15, 0.2) is 42.6 Å². The van der Waals surface area contributed by atoms with E-state index in [4.69, 9.17) is 5.73 Å². The van der Waals surface area contributed by atoms with Gasteiger partial charge in [-0.2, -0.15) is 0 Å². The van der Waals surface area contributed by atoms with Crippen molar-refractivity contribution < 1.29 is 0 Å². The number of anilines is 3. The molecular weight excluding hydrogens is 210 g/mol. The summed E-state index contributed by atoms with van der Waals surface area (Å²) in [5.74, 6) is 1.29. The van der Waals surface area contributed by atoms with Crippen molar-refractivity contribution >= 4 is 17.2 Å². The Morgan fingerprint density at radius 3 is 2.71 bits per heavy atom. The summed E-state index contributed by atoms with van der Waals surface area (Å²) < 4.78 is 0. The van der Waals surface area contributed by atoms with Gasteiger partial charge in [0.1, 0.15) is 5.82 Å². The highest BCUT2D eigenvalue weighted by atomic mass is 15.0. The van der Waals surface area contributed by atoms with E-state index in [1.165, 1.54) is 5.56 Å². The lowest BCUT2D eigenvalue weighted by molar-refractivity contribution is 0.867. The second-order valence-electron chi connectivity index (χ2n) is 4.38. The van der Waals surface area contributed by atoms with Crippen molar-refractivity contribution in [2.24, 2.45) is 0 Å². The van der Waals surface area contributed by atoms with Crippen molar-refractivity contribution in [2.75, 3.05) is 11.1 Å². The molecule has 2 rings (SSSR count). The highest BCUT2D eigenvalue weighted by Gasteiger charge is 2.01. The maximum absolute atomic E-state index is 5.71. The van der Waals surface area contributed by atoms with Crippen molar-refractivity contribution in [1.29, 1.82) is 0 Å². The minimum atomic E-state index is 0.519. The molecule has 2 aromatic rings. The zero-order chi connectivity index (χ0) is 12.3. The van der Waals surface area contributed by atoms with Crippen molar-refractivity contribution in [3.05, 3.63) is 48.2 Å². The van der Waals surface area contributed by atoms with Gasteiger partial charge in [-0.25, -0.2) is 4.98 Å². The lowest BCUT2D eigenvalue weighted by Gasteiger charge is -2.10. The molecule has 0 aliphatic heterocycles. The molecule has 3 nitrogen and oxygen atoms in total. The van der Waals surface area contributed by atoms with E-state index in [-0.39, 0.29) is 0 Å². The third kappa shape index (κ3) is 2.97. The zero-order valence-electron chi connectivity index (χ0n) is 10.1. The molecule has 0 spiro atoms. The Labute approximate surface area is 102 Å². The number of nitrogen functional groups attached to an aromatic ring is 1. The number of nitrogens with two attached hydrogens (primary N) is 1. The molecule has 1 aromatic heterocycles. The van der Waals surface area contributed by atoms with Crippen LogP contribution in [0.25, 0.3) is 0 Å². The van der Waals surface area contributed by atoms with Crippen LogP contribution < -0.4 is 11.1 Å². The molecule has 0 fully saturated rings. The summed E-state index contributed by atoms with van der Waals surface area (Å²) in [7, 11) is 0. The maximum Gasteiger partial charge on any atom is 0.132 e. The average molecular weight is 227 g/mol. The lowest BCUT2D eigenvalue weighted by Crippen LogP contribution is -1.96. The van der Waals surface area contributed by atoms with Gasteiger partial charge >= 0.3 is 0 Å². The topological polar surface area (TPSA) is 50.9 Å². The number of hydrogen-bond donors (Lipinski definition) is 2. The quantitative estimate of drug-likeness (QED) is 0.843. The normalized spacial score (nSPS) is 10.5. The number of pyridine rings is 1. The number of nitrogens with zero attached hydrogens (tertiary/aromatic N) is 1. The van der Waals surface area contributed by atoms with Crippen LogP contribution in [0.1, 0.15) is 25.3 Å². The highest BCUT2D eigenvalue weighted by molar-refractivity contribution is 5.60. The monoisotopic (exact) mass is 227 g/mol. The van der Waals surface area contributed by atoms with Crippen molar-refractivity contribution in [3.8, 4) is 0 Å². The Bertz CT molecular complexity index is 506. The molecular formula is C14H17N3. The number of rotatable bonds is 3. The van der Waals surface area contributed by atoms with Gasteiger partial charge in [0.05, 0.1) is 0 Å². The van der Waals surface area contributed by atoms with Crippen molar-refractivity contribution in [2.45, 2.75) is 19.8 Å². The summed E-state index contributed by atoms with van der Waals surface area (Å²) in [5.41, 5.74) is 8.76. The van der Waals surface area contributed by atoms with E-state index in [2.05, 4.69) is 36.3 Å². The molecule has 1 aromatic carbocycles. The number of aromatic nitrogens is 1. The van der Waals surface area contributed by atoms with E-state index in [0.717, 1.165) is 11.5 Å². The molecule has 0 aliphatic carbocycles. The largest absolute Gasteiger partial charge is 0.399 e. The third-order valence-corrected chi connectivity index (χ3v) is 2.61. The second kappa shape index (κ2) is 4.87. The van der Waals surface area contributed by atoms with Gasteiger partial charge in [-0.3, -0.25) is 0 Å². The van der Waals surface area contributed by atoms with E-state index in [0.29, 0.717) is 11.6 Å². The Morgan fingerprint density at radius 2 is 2.00 bits per heavy atom. The van der Waals surface area contributed by atoms with Crippen LogP contribution >= 0.6 is 0 Å². The summed E-state index contributed by atoms with van der Waals surface area (Å²) in [5, 5.41) is 3.25. The number of hydrogen-bond acceptors (Lipinski definition) is 3. The molecule has 0 radical (unpaired) electrons. The summed E-state index contributed by atoms with van der Waals surface area (Å²) in [6, 6.07) is 11.9. The molecule has 17 heavy (non-hydrogen) atoms. The van der Waals surface area contributed by atoms with Crippen LogP contribution in [-0.4, -0.2) is 4.98 Å². The standard InChI is InChI=1S/C14H17N3/c1-10(2)11-4-3-5-13(8-11)17-14-9-12(15)6-7-16-14/h3-10H,1-2H3,(H3,15,16,17). The van der Waals surface area contributed by atoms with E-state index in [1.54, 1.807) is 12.3 Å². The van der Waals surface area contributed by atoms with Gasteiger partial charge in [0.25, 0.3) is 0 Å². The van der Waals surface area contributed by atoms with Crippen molar-refractivity contribution in [3.63, 3.8) is 0 Å². The minimum Gasteiger partial charge on any atom is -0.399 e. The summed E-state index contributed by atoms with van der Waals surface area (Å²) in [6.45, 7) is 4.36. The van der Waals surface area contributed by atoms with E-state index < -0.39 is 0 Å². The predicted molar refractivity (Wildman–Crippen MR) is 72.5 cm³/mol. The molecule has 88 valence electrons. The van der Waals surface area contributed by atoms with Crippen LogP contribution in [0.5, 0.6) is 0 Å². The molecule has 3 N–H and O–H groups in total. The minimum absolute atomic E-state index is 0.519. The first-order chi connectivity index (χ1) is 8.15. The van der Waals surface area contributed by atoms with E-state index >= 15 is 0 Å². The lowest BCUT2D eigenvalue weighted by atomic mass is 10.0. The molecule has 0 bridgehead atoms. The molecule has 0 amide bonds. The van der Waals surface area contributed by atoms with Gasteiger partial charge in [0.15, 0.2) is 0 Å². The SMILES string of the molecule is CC(C)c1cccc(Nc2cc(N)ccn2)c1. The molecule has 0 aliphatic rings. The molecule has 3 heteroatoms. The van der Waals surface area contributed by atoms with Gasteiger partial charge in [0.2, 0.25) is 0 Å². The second-order valence-corrected chi connectivity index (χ2v) is 4.38. The van der Waals surface area contributed by atoms with Gasteiger partial charge < -0.3 is 11.1 Å². The first-order valence-electron chi connectivity index (χ1n) is 5.73. The first-order valence-corrected chi connectivity index (χ1v) is 5.73. The Kier molecular flexibility index (Phi) is 3.28.